The number of nitrogens with one attached hydrogen (secondary N) is 1. The standard InChI is InChI=1S/C14H28N2O3/c1-11(2)15-14(3,13(17)19-5)7-9-16-8-6-12(10-16)18-4/h11-12,15H,6-10H2,1-5H3. The van der Waals surface area contributed by atoms with Gasteiger partial charge in [0.1, 0.15) is 5.54 Å². The van der Waals surface area contributed by atoms with Gasteiger partial charge in [-0.1, -0.05) is 0 Å². The minimum Gasteiger partial charge on any atom is -0.468 e. The molecule has 0 aliphatic carbocycles. The summed E-state index contributed by atoms with van der Waals surface area (Å²) >= 11 is 0. The summed E-state index contributed by atoms with van der Waals surface area (Å²) in [6.07, 6.45) is 2.15. The lowest BCUT2D eigenvalue weighted by Crippen LogP contribution is -2.54. The second-order valence-electron chi connectivity index (χ2n) is 5.82. The van der Waals surface area contributed by atoms with E-state index in [0.717, 1.165) is 32.5 Å². The molecule has 0 aromatic carbocycles. The Morgan fingerprint density at radius 3 is 2.63 bits per heavy atom. The summed E-state index contributed by atoms with van der Waals surface area (Å²) in [6.45, 7) is 8.87. The summed E-state index contributed by atoms with van der Waals surface area (Å²) in [5.41, 5.74) is -0.617. The maximum atomic E-state index is 12.0. The molecule has 5 heteroatoms. The van der Waals surface area contributed by atoms with Crippen LogP contribution in [0.5, 0.6) is 0 Å². The number of hydrogen-bond acceptors (Lipinski definition) is 5. The normalized spacial score (nSPS) is 23.6. The quantitative estimate of drug-likeness (QED) is 0.702. The van der Waals surface area contributed by atoms with Gasteiger partial charge >= 0.3 is 5.97 Å². The van der Waals surface area contributed by atoms with Crippen LogP contribution in [0.25, 0.3) is 0 Å². The monoisotopic (exact) mass is 272 g/mol. The first-order valence-electron chi connectivity index (χ1n) is 7.02. The lowest BCUT2D eigenvalue weighted by molar-refractivity contribution is -0.148. The predicted molar refractivity (Wildman–Crippen MR) is 75.2 cm³/mol. The molecule has 5 nitrogen and oxygen atoms in total. The SMILES string of the molecule is COC(=O)C(C)(CCN1CCC(OC)C1)NC(C)C. The van der Waals surface area contributed by atoms with E-state index in [0.29, 0.717) is 6.10 Å². The number of carbonyl (C=O) groups excluding carboxylic acids is 1. The zero-order valence-electron chi connectivity index (χ0n) is 12.9. The minimum atomic E-state index is -0.617. The molecular weight excluding hydrogens is 244 g/mol. The number of likely N-dealkylation sites (tertiary alicyclic amines) is 1. The van der Waals surface area contributed by atoms with Gasteiger partial charge in [-0.05, 0) is 33.6 Å². The first-order valence-corrected chi connectivity index (χ1v) is 7.02. The highest BCUT2D eigenvalue weighted by atomic mass is 16.5. The molecule has 0 bridgehead atoms. The maximum absolute atomic E-state index is 12.0. The van der Waals surface area contributed by atoms with Gasteiger partial charge in [-0.3, -0.25) is 10.1 Å². The number of nitrogens with zero attached hydrogens (tertiary/aromatic N) is 1. The van der Waals surface area contributed by atoms with E-state index in [1.165, 1.54) is 7.11 Å². The van der Waals surface area contributed by atoms with Crippen LogP contribution in [0.1, 0.15) is 33.6 Å². The molecule has 1 saturated heterocycles. The van der Waals surface area contributed by atoms with E-state index in [1.54, 1.807) is 7.11 Å². The van der Waals surface area contributed by atoms with Crippen LogP contribution < -0.4 is 5.32 Å². The van der Waals surface area contributed by atoms with Crippen molar-refractivity contribution in [1.29, 1.82) is 0 Å². The van der Waals surface area contributed by atoms with E-state index in [9.17, 15) is 4.79 Å². The summed E-state index contributed by atoms with van der Waals surface area (Å²) < 4.78 is 10.3. The molecular formula is C14H28N2O3. The Morgan fingerprint density at radius 2 is 2.16 bits per heavy atom. The first-order chi connectivity index (χ1) is 8.91. The number of rotatable bonds is 7. The van der Waals surface area contributed by atoms with Crippen molar-refractivity contribution in [2.24, 2.45) is 0 Å². The Bertz CT molecular complexity index is 296. The highest BCUT2D eigenvalue weighted by Gasteiger charge is 2.35. The third-order valence-corrected chi connectivity index (χ3v) is 3.73. The van der Waals surface area contributed by atoms with Gasteiger partial charge in [-0.25, -0.2) is 0 Å². The Labute approximate surface area is 116 Å². The van der Waals surface area contributed by atoms with E-state index >= 15 is 0 Å². The van der Waals surface area contributed by atoms with Gasteiger partial charge in [-0.2, -0.15) is 0 Å². The van der Waals surface area contributed by atoms with E-state index in [2.05, 4.69) is 10.2 Å². The number of methoxy groups -OCH3 is 2. The van der Waals surface area contributed by atoms with Gasteiger partial charge in [-0.15, -0.1) is 0 Å². The van der Waals surface area contributed by atoms with Crippen molar-refractivity contribution in [2.45, 2.75) is 51.3 Å². The number of carbonyl (C=O) groups is 1. The largest absolute Gasteiger partial charge is 0.468 e. The van der Waals surface area contributed by atoms with Crippen molar-refractivity contribution in [3.63, 3.8) is 0 Å². The Kier molecular flexibility index (Phi) is 6.23. The summed E-state index contributed by atoms with van der Waals surface area (Å²) in [6, 6.07) is 0.245. The molecule has 1 fully saturated rings. The van der Waals surface area contributed by atoms with Crippen LogP contribution in [0.4, 0.5) is 0 Å². The van der Waals surface area contributed by atoms with Gasteiger partial charge in [0, 0.05) is 32.8 Å². The lowest BCUT2D eigenvalue weighted by Gasteiger charge is -2.31. The molecule has 19 heavy (non-hydrogen) atoms. The van der Waals surface area contributed by atoms with E-state index in [1.807, 2.05) is 20.8 Å². The van der Waals surface area contributed by atoms with Crippen molar-refractivity contribution >= 4 is 5.97 Å². The summed E-state index contributed by atoms with van der Waals surface area (Å²) in [7, 11) is 3.20. The topological polar surface area (TPSA) is 50.8 Å². The molecule has 0 aromatic rings. The third-order valence-electron chi connectivity index (χ3n) is 3.73. The first kappa shape index (κ1) is 16.4. The third kappa shape index (κ3) is 4.75. The summed E-state index contributed by atoms with van der Waals surface area (Å²) in [5, 5.41) is 3.32. The minimum absolute atomic E-state index is 0.191. The fourth-order valence-electron chi connectivity index (χ4n) is 2.67. The second-order valence-corrected chi connectivity index (χ2v) is 5.82. The molecule has 0 aromatic heterocycles. The summed E-state index contributed by atoms with van der Waals surface area (Å²) in [5.74, 6) is -0.191. The van der Waals surface area contributed by atoms with Crippen molar-refractivity contribution < 1.29 is 14.3 Å². The van der Waals surface area contributed by atoms with Crippen molar-refractivity contribution in [2.75, 3.05) is 33.9 Å². The molecule has 1 aliphatic heterocycles. The van der Waals surface area contributed by atoms with Crippen molar-refractivity contribution in [1.82, 2.24) is 10.2 Å². The average Bonchev–Trinajstić information content (AvgIpc) is 2.82. The second kappa shape index (κ2) is 7.22. The van der Waals surface area contributed by atoms with Crippen LogP contribution in [-0.2, 0) is 14.3 Å². The van der Waals surface area contributed by atoms with E-state index < -0.39 is 5.54 Å². The zero-order valence-corrected chi connectivity index (χ0v) is 12.9. The van der Waals surface area contributed by atoms with E-state index in [-0.39, 0.29) is 12.0 Å². The van der Waals surface area contributed by atoms with Crippen LogP contribution in [0, 0.1) is 0 Å². The van der Waals surface area contributed by atoms with Gasteiger partial charge < -0.3 is 14.4 Å². The number of ether oxygens (including phenoxy) is 2. The molecule has 0 amide bonds. The number of esters is 1. The maximum Gasteiger partial charge on any atom is 0.325 e. The van der Waals surface area contributed by atoms with Crippen LogP contribution >= 0.6 is 0 Å². The Morgan fingerprint density at radius 1 is 1.47 bits per heavy atom. The van der Waals surface area contributed by atoms with Crippen LogP contribution in [0.3, 0.4) is 0 Å². The molecule has 2 unspecified atom stereocenters. The van der Waals surface area contributed by atoms with Gasteiger partial charge in [0.25, 0.3) is 0 Å². The van der Waals surface area contributed by atoms with Gasteiger partial charge in [0.15, 0.2) is 0 Å². The predicted octanol–water partition coefficient (Wildman–Crippen LogP) is 1.03. The number of hydrogen-bond donors (Lipinski definition) is 1. The highest BCUT2D eigenvalue weighted by molar-refractivity contribution is 5.80. The molecule has 1 N–H and O–H groups in total. The van der Waals surface area contributed by atoms with Crippen LogP contribution in [-0.4, -0.2) is 62.4 Å². The molecule has 0 spiro atoms. The molecule has 2 atom stereocenters. The van der Waals surface area contributed by atoms with Crippen LogP contribution in [0.2, 0.25) is 0 Å². The zero-order chi connectivity index (χ0) is 14.5. The van der Waals surface area contributed by atoms with Crippen LogP contribution in [0.15, 0.2) is 0 Å². The Balaban J connectivity index is 2.51. The Hall–Kier alpha value is -0.650. The highest BCUT2D eigenvalue weighted by Crippen LogP contribution is 2.18. The molecule has 112 valence electrons. The molecule has 1 aliphatic rings. The fraction of sp³-hybridized carbons (Fsp3) is 0.929. The lowest BCUT2D eigenvalue weighted by atomic mass is 9.96. The van der Waals surface area contributed by atoms with Gasteiger partial charge in [0.05, 0.1) is 13.2 Å². The molecule has 0 radical (unpaired) electrons. The van der Waals surface area contributed by atoms with Gasteiger partial charge in [0.2, 0.25) is 0 Å². The molecule has 1 heterocycles. The summed E-state index contributed by atoms with van der Waals surface area (Å²) in [4.78, 5) is 14.3. The average molecular weight is 272 g/mol. The molecule has 1 rings (SSSR count). The van der Waals surface area contributed by atoms with Crippen molar-refractivity contribution in [3.05, 3.63) is 0 Å². The molecule has 0 saturated carbocycles. The smallest absolute Gasteiger partial charge is 0.325 e. The fourth-order valence-corrected chi connectivity index (χ4v) is 2.67. The van der Waals surface area contributed by atoms with E-state index in [4.69, 9.17) is 9.47 Å². The van der Waals surface area contributed by atoms with Crippen molar-refractivity contribution in [3.8, 4) is 0 Å².